The van der Waals surface area contributed by atoms with E-state index in [4.69, 9.17) is 9.84 Å². The number of carbonyl (C=O) groups excluding carboxylic acids is 2. The number of imide groups is 1. The average molecular weight is 280 g/mol. The first-order valence-electron chi connectivity index (χ1n) is 5.46. The van der Waals surface area contributed by atoms with Gasteiger partial charge in [-0.2, -0.15) is 0 Å². The smallest absolute Gasteiger partial charge is 0.328 e. The molecule has 2 heterocycles. The second-order valence-electron chi connectivity index (χ2n) is 4.25. The minimum atomic E-state index is -2.40. The first-order chi connectivity index (χ1) is 8.88. The maximum atomic E-state index is 13.3. The first-order valence-corrected chi connectivity index (χ1v) is 5.46. The van der Waals surface area contributed by atoms with Crippen molar-refractivity contribution in [2.75, 3.05) is 6.61 Å². The number of nitrogens with zero attached hydrogens (tertiary/aromatic N) is 1. The Morgan fingerprint density at radius 1 is 1.26 bits per heavy atom. The summed E-state index contributed by atoms with van der Waals surface area (Å²) in [5.74, 6) is -1.31. The number of aliphatic hydroxyl groups is 4. The van der Waals surface area contributed by atoms with Crippen molar-refractivity contribution in [3.05, 3.63) is 0 Å². The molecule has 0 saturated carbocycles. The van der Waals surface area contributed by atoms with E-state index in [0.29, 0.717) is 4.90 Å². The summed E-state index contributed by atoms with van der Waals surface area (Å²) in [5.41, 5.74) is 0. The number of nitrogens with one attached hydrogen (secondary N) is 1. The number of hydrogen-bond donors (Lipinski definition) is 5. The average Bonchev–Trinajstić information content (AvgIpc) is 2.64. The lowest BCUT2D eigenvalue weighted by Crippen LogP contribution is -2.66. The van der Waals surface area contributed by atoms with Gasteiger partial charge in [0.2, 0.25) is 6.17 Å². The molecule has 2 saturated heterocycles. The van der Waals surface area contributed by atoms with Crippen LogP contribution in [0.4, 0.5) is 9.18 Å². The number of ether oxygens (including phenoxy) is 1. The molecule has 6 atom stereocenters. The van der Waals surface area contributed by atoms with Gasteiger partial charge in [-0.25, -0.2) is 9.18 Å². The van der Waals surface area contributed by atoms with Gasteiger partial charge in [0.15, 0.2) is 12.5 Å². The number of aliphatic hydroxyl groups excluding tert-OH is 4. The molecule has 0 radical (unpaired) electrons. The van der Waals surface area contributed by atoms with E-state index >= 15 is 0 Å². The molecule has 10 heteroatoms. The first kappa shape index (κ1) is 14.1. The molecule has 9 nitrogen and oxygen atoms in total. The summed E-state index contributed by atoms with van der Waals surface area (Å²) in [4.78, 5) is 22.9. The highest BCUT2D eigenvalue weighted by atomic mass is 19.1. The molecule has 2 rings (SSSR count). The Labute approximate surface area is 106 Å². The zero-order valence-corrected chi connectivity index (χ0v) is 9.51. The zero-order valence-electron chi connectivity index (χ0n) is 9.51. The van der Waals surface area contributed by atoms with Gasteiger partial charge in [-0.3, -0.25) is 15.0 Å². The van der Waals surface area contributed by atoms with Gasteiger partial charge >= 0.3 is 6.03 Å². The number of alkyl halides is 1. The summed E-state index contributed by atoms with van der Waals surface area (Å²) in [5, 5.41) is 39.2. The molecular weight excluding hydrogens is 267 g/mol. The normalized spacial score (nSPS) is 43.5. The predicted octanol–water partition coefficient (Wildman–Crippen LogP) is -3.37. The fraction of sp³-hybridized carbons (Fsp3) is 0.778. The topological polar surface area (TPSA) is 140 Å². The predicted molar refractivity (Wildman–Crippen MR) is 54.0 cm³/mol. The maximum Gasteiger partial charge on any atom is 0.328 e. The van der Waals surface area contributed by atoms with Gasteiger partial charge in [-0.05, 0) is 0 Å². The molecule has 0 aromatic heterocycles. The highest BCUT2D eigenvalue weighted by Gasteiger charge is 2.52. The van der Waals surface area contributed by atoms with Crippen molar-refractivity contribution < 1.29 is 39.1 Å². The van der Waals surface area contributed by atoms with Crippen LogP contribution in [0.2, 0.25) is 0 Å². The molecule has 0 aromatic rings. The molecule has 108 valence electrons. The summed E-state index contributed by atoms with van der Waals surface area (Å²) >= 11 is 0. The second kappa shape index (κ2) is 4.98. The van der Waals surface area contributed by atoms with E-state index in [-0.39, 0.29) is 0 Å². The van der Waals surface area contributed by atoms with Crippen LogP contribution in [-0.2, 0) is 9.53 Å². The van der Waals surface area contributed by atoms with Crippen LogP contribution in [0.5, 0.6) is 0 Å². The molecule has 0 aromatic carbocycles. The van der Waals surface area contributed by atoms with E-state index in [2.05, 4.69) is 0 Å². The third kappa shape index (κ3) is 2.17. The fourth-order valence-corrected chi connectivity index (χ4v) is 2.01. The van der Waals surface area contributed by atoms with Crippen molar-refractivity contribution >= 4 is 11.9 Å². The lowest BCUT2D eigenvalue weighted by Gasteiger charge is -2.38. The highest BCUT2D eigenvalue weighted by molar-refractivity contribution is 5.99. The van der Waals surface area contributed by atoms with Crippen LogP contribution >= 0.6 is 0 Å². The van der Waals surface area contributed by atoms with Crippen LogP contribution in [0.3, 0.4) is 0 Å². The number of carbonyl (C=O) groups is 2. The molecule has 0 aliphatic carbocycles. The molecule has 4 unspecified atom stereocenters. The fourth-order valence-electron chi connectivity index (χ4n) is 2.01. The third-order valence-electron chi connectivity index (χ3n) is 3.05. The van der Waals surface area contributed by atoms with Crippen LogP contribution in [-0.4, -0.2) is 80.8 Å². The summed E-state index contributed by atoms with van der Waals surface area (Å²) in [6, 6.07) is -1.17. The van der Waals surface area contributed by atoms with Crippen LogP contribution in [0.1, 0.15) is 0 Å². The Hall–Kier alpha value is -1.33. The van der Waals surface area contributed by atoms with Crippen molar-refractivity contribution in [2.24, 2.45) is 0 Å². The SMILES string of the molecule is O=C1NC(=O)N([C@H]2O[C@@H](CO)C(O)C2O)C(O)C1F. The molecular formula is C9H13FN2O7. The van der Waals surface area contributed by atoms with Crippen LogP contribution in [0, 0.1) is 0 Å². The molecule has 19 heavy (non-hydrogen) atoms. The summed E-state index contributed by atoms with van der Waals surface area (Å²) in [6.45, 7) is -0.641. The number of rotatable bonds is 2. The van der Waals surface area contributed by atoms with Gasteiger partial charge in [0.05, 0.1) is 6.61 Å². The lowest BCUT2D eigenvalue weighted by atomic mass is 10.1. The maximum absolute atomic E-state index is 13.3. The van der Waals surface area contributed by atoms with Gasteiger partial charge in [0.1, 0.15) is 18.3 Å². The number of hydrogen-bond acceptors (Lipinski definition) is 7. The van der Waals surface area contributed by atoms with Crippen LogP contribution in [0.15, 0.2) is 0 Å². The van der Waals surface area contributed by atoms with E-state index in [1.165, 1.54) is 0 Å². The third-order valence-corrected chi connectivity index (χ3v) is 3.05. The lowest BCUT2D eigenvalue weighted by molar-refractivity contribution is -0.166. The van der Waals surface area contributed by atoms with Gasteiger partial charge < -0.3 is 25.2 Å². The molecule has 0 spiro atoms. The van der Waals surface area contributed by atoms with Crippen molar-refractivity contribution in [1.29, 1.82) is 0 Å². The molecule has 3 amide bonds. The van der Waals surface area contributed by atoms with E-state index in [1.807, 2.05) is 0 Å². The van der Waals surface area contributed by atoms with Crippen molar-refractivity contribution in [3.8, 4) is 0 Å². The van der Waals surface area contributed by atoms with Gasteiger partial charge in [0.25, 0.3) is 5.91 Å². The number of amides is 3. The highest BCUT2D eigenvalue weighted by Crippen LogP contribution is 2.27. The summed E-state index contributed by atoms with van der Waals surface area (Å²) < 4.78 is 18.3. The molecule has 2 aliphatic heterocycles. The Morgan fingerprint density at radius 3 is 2.42 bits per heavy atom. The van der Waals surface area contributed by atoms with Gasteiger partial charge in [-0.1, -0.05) is 0 Å². The van der Waals surface area contributed by atoms with Crippen molar-refractivity contribution in [1.82, 2.24) is 10.2 Å². The Morgan fingerprint density at radius 2 is 1.89 bits per heavy atom. The molecule has 5 N–H and O–H groups in total. The van der Waals surface area contributed by atoms with E-state index in [1.54, 1.807) is 5.32 Å². The minimum absolute atomic E-state index is 0.371. The molecule has 0 bridgehead atoms. The van der Waals surface area contributed by atoms with E-state index < -0.39 is 55.5 Å². The quantitative estimate of drug-likeness (QED) is 0.356. The van der Waals surface area contributed by atoms with E-state index in [0.717, 1.165) is 0 Å². The standard InChI is InChI=1S/C9H13FN2O7/c10-3-6(16)11-9(18)12(7(3)17)8-5(15)4(14)2(1-13)19-8/h2-5,7-8,13-15,17H,1H2,(H,11,16,18)/t2-,3?,4?,5?,7?,8-/m0/s1. The Bertz CT molecular complexity index is 395. The van der Waals surface area contributed by atoms with Gasteiger partial charge in [-0.15, -0.1) is 0 Å². The van der Waals surface area contributed by atoms with Crippen LogP contribution in [0.25, 0.3) is 0 Å². The zero-order chi connectivity index (χ0) is 14.3. The minimum Gasteiger partial charge on any atom is -0.394 e. The van der Waals surface area contributed by atoms with E-state index in [9.17, 15) is 29.3 Å². The number of urea groups is 1. The second-order valence-corrected chi connectivity index (χ2v) is 4.25. The summed E-state index contributed by atoms with van der Waals surface area (Å²) in [7, 11) is 0. The van der Waals surface area contributed by atoms with Crippen molar-refractivity contribution in [2.45, 2.75) is 36.9 Å². The van der Waals surface area contributed by atoms with Crippen molar-refractivity contribution in [3.63, 3.8) is 0 Å². The Kier molecular flexibility index (Phi) is 3.69. The molecule has 2 fully saturated rings. The monoisotopic (exact) mass is 280 g/mol. The largest absolute Gasteiger partial charge is 0.394 e. The number of halogens is 1. The van der Waals surface area contributed by atoms with Gasteiger partial charge in [0, 0.05) is 0 Å². The molecule has 2 aliphatic rings. The van der Waals surface area contributed by atoms with Crippen LogP contribution < -0.4 is 5.32 Å². The summed E-state index contributed by atoms with van der Waals surface area (Å²) in [6.07, 6.45) is -10.5. The Balaban J connectivity index is 2.21.